The largest absolute Gasteiger partial charge is 0.496 e. The molecule has 0 bridgehead atoms. The van der Waals surface area contributed by atoms with Crippen molar-refractivity contribution in [1.29, 1.82) is 5.26 Å². The molecule has 3 heterocycles. The lowest BCUT2D eigenvalue weighted by Crippen LogP contribution is -2.57. The van der Waals surface area contributed by atoms with Crippen LogP contribution >= 0.6 is 0 Å². The number of benzene rings is 2. The number of carbonyl (C=O) groups is 1. The number of imidazole rings is 1. The monoisotopic (exact) mass is 639 g/mol. The zero-order valence-electron chi connectivity index (χ0n) is 26.4. The molecule has 242 valence electrons. The SMILES string of the molecule is COc1cc(C)ccc1COc1nc(C2=CCC3(CC2)CN(c2nc4ccc(C(=O)O)cc4n2CC2(CC#N)CC2)C3)c(F)cc1F. The van der Waals surface area contributed by atoms with Crippen LogP contribution in [0.3, 0.4) is 0 Å². The molecular formula is C36H35F2N5O4. The summed E-state index contributed by atoms with van der Waals surface area (Å²) in [6, 6.07) is 13.8. The Morgan fingerprint density at radius 1 is 1.09 bits per heavy atom. The first kappa shape index (κ1) is 30.7. The minimum Gasteiger partial charge on any atom is -0.496 e. The fraction of sp³-hybridized carbons (Fsp3) is 0.389. The van der Waals surface area contributed by atoms with Crippen molar-refractivity contribution in [2.45, 2.75) is 58.6 Å². The van der Waals surface area contributed by atoms with Gasteiger partial charge in [0, 0.05) is 48.5 Å². The zero-order valence-corrected chi connectivity index (χ0v) is 26.4. The molecule has 9 nitrogen and oxygen atoms in total. The van der Waals surface area contributed by atoms with E-state index < -0.39 is 17.6 Å². The van der Waals surface area contributed by atoms with E-state index in [1.807, 2.05) is 31.2 Å². The minimum absolute atomic E-state index is 0.0243. The lowest BCUT2D eigenvalue weighted by molar-refractivity contribution is 0.0697. The molecule has 0 atom stereocenters. The van der Waals surface area contributed by atoms with Crippen molar-refractivity contribution in [2.75, 3.05) is 25.1 Å². The molecule has 3 aliphatic rings. The van der Waals surface area contributed by atoms with Gasteiger partial charge in [0.2, 0.25) is 5.95 Å². The van der Waals surface area contributed by atoms with Gasteiger partial charge in [-0.3, -0.25) is 0 Å². The highest BCUT2D eigenvalue weighted by molar-refractivity contribution is 5.93. The highest BCUT2D eigenvalue weighted by Crippen LogP contribution is 2.52. The number of hydrogen-bond acceptors (Lipinski definition) is 7. The van der Waals surface area contributed by atoms with E-state index in [1.165, 1.54) is 0 Å². The van der Waals surface area contributed by atoms with Crippen LogP contribution in [0.4, 0.5) is 14.7 Å². The summed E-state index contributed by atoms with van der Waals surface area (Å²) in [6.07, 6.45) is 6.45. The topological polar surface area (TPSA) is 114 Å². The molecule has 2 aromatic heterocycles. The Kier molecular flexibility index (Phi) is 7.62. The predicted octanol–water partition coefficient (Wildman–Crippen LogP) is 7.07. The number of fused-ring (bicyclic) bond motifs is 1. The third kappa shape index (κ3) is 5.77. The van der Waals surface area contributed by atoms with Crippen molar-refractivity contribution >= 4 is 28.5 Å². The second kappa shape index (κ2) is 11.7. The quantitative estimate of drug-likeness (QED) is 0.196. The Labute approximate surface area is 271 Å². The van der Waals surface area contributed by atoms with Gasteiger partial charge < -0.3 is 24.0 Å². The number of ether oxygens (including phenoxy) is 2. The van der Waals surface area contributed by atoms with E-state index in [1.54, 1.807) is 25.3 Å². The van der Waals surface area contributed by atoms with Crippen LogP contribution in [0.25, 0.3) is 16.6 Å². The second-order valence-electron chi connectivity index (χ2n) is 13.3. The normalized spacial score (nSPS) is 17.6. The number of aryl methyl sites for hydroxylation is 1. The van der Waals surface area contributed by atoms with Crippen LogP contribution in [0.1, 0.15) is 65.7 Å². The van der Waals surface area contributed by atoms with Crippen LogP contribution in [0, 0.1) is 40.7 Å². The van der Waals surface area contributed by atoms with E-state index in [4.69, 9.17) is 14.5 Å². The number of aromatic nitrogens is 3. The molecule has 1 N–H and O–H groups in total. The fourth-order valence-corrected chi connectivity index (χ4v) is 6.96. The van der Waals surface area contributed by atoms with Crippen LogP contribution in [0.5, 0.6) is 11.6 Å². The molecule has 11 heteroatoms. The summed E-state index contributed by atoms with van der Waals surface area (Å²) in [6.45, 7) is 4.06. The number of nitrogens with zero attached hydrogens (tertiary/aromatic N) is 5. The number of nitriles is 1. The first-order chi connectivity index (χ1) is 22.6. The first-order valence-corrected chi connectivity index (χ1v) is 15.8. The number of rotatable bonds is 10. The highest BCUT2D eigenvalue weighted by atomic mass is 19.1. The Hall–Kier alpha value is -4.98. The van der Waals surface area contributed by atoms with Crippen molar-refractivity contribution in [3.05, 3.63) is 82.6 Å². The van der Waals surface area contributed by atoms with Crippen molar-refractivity contribution in [3.63, 3.8) is 0 Å². The van der Waals surface area contributed by atoms with Gasteiger partial charge in [-0.15, -0.1) is 0 Å². The number of anilines is 1. The van der Waals surface area contributed by atoms with Gasteiger partial charge in [-0.25, -0.2) is 23.5 Å². The molecule has 1 aliphatic heterocycles. The van der Waals surface area contributed by atoms with E-state index in [0.29, 0.717) is 31.6 Å². The van der Waals surface area contributed by atoms with Crippen LogP contribution in [-0.4, -0.2) is 45.8 Å². The predicted molar refractivity (Wildman–Crippen MR) is 171 cm³/mol. The number of carboxylic acids is 1. The molecule has 0 unspecified atom stereocenters. The standard InChI is InChI=1S/C36H35F2N5O4/c1-22-3-4-25(30(15-22)46-2)18-47-32-27(38)17-26(37)31(41-32)23-7-9-36(10-8-23)19-42(20-36)34-40-28-6-5-24(33(44)45)16-29(28)43(34)21-35(11-12-35)13-14-39/h3-7,15-17H,8-13,18-21H2,1-2H3,(H,44,45). The van der Waals surface area contributed by atoms with Crippen molar-refractivity contribution in [2.24, 2.45) is 10.8 Å². The average molecular weight is 640 g/mol. The molecule has 1 saturated heterocycles. The van der Waals surface area contributed by atoms with Crippen LogP contribution in [-0.2, 0) is 13.2 Å². The molecular weight excluding hydrogens is 604 g/mol. The number of pyridine rings is 1. The summed E-state index contributed by atoms with van der Waals surface area (Å²) in [4.78, 5) is 23.1. The Balaban J connectivity index is 1.08. The summed E-state index contributed by atoms with van der Waals surface area (Å²) in [5, 5.41) is 19.0. The van der Waals surface area contributed by atoms with Crippen molar-refractivity contribution < 1.29 is 28.2 Å². The van der Waals surface area contributed by atoms with Gasteiger partial charge in [0.1, 0.15) is 18.1 Å². The number of hydrogen-bond donors (Lipinski definition) is 1. The van der Waals surface area contributed by atoms with Crippen LogP contribution < -0.4 is 14.4 Å². The molecule has 2 aliphatic carbocycles. The number of methoxy groups -OCH3 is 1. The van der Waals surface area contributed by atoms with Gasteiger partial charge >= 0.3 is 5.97 Å². The molecule has 4 aromatic rings. The Morgan fingerprint density at radius 2 is 1.89 bits per heavy atom. The number of allylic oxidation sites excluding steroid dienone is 2. The van der Waals surface area contributed by atoms with E-state index in [2.05, 4.69) is 20.5 Å². The van der Waals surface area contributed by atoms with Crippen molar-refractivity contribution in [3.8, 4) is 17.7 Å². The molecule has 2 fully saturated rings. The first-order valence-electron chi connectivity index (χ1n) is 15.8. The smallest absolute Gasteiger partial charge is 0.335 e. The lowest BCUT2D eigenvalue weighted by Gasteiger charge is -2.52. The third-order valence-electron chi connectivity index (χ3n) is 9.93. The van der Waals surface area contributed by atoms with Gasteiger partial charge in [-0.2, -0.15) is 5.26 Å². The molecule has 0 amide bonds. The molecule has 0 radical (unpaired) electrons. The van der Waals surface area contributed by atoms with Crippen LogP contribution in [0.15, 0.2) is 48.5 Å². The summed E-state index contributed by atoms with van der Waals surface area (Å²) >= 11 is 0. The molecule has 47 heavy (non-hydrogen) atoms. The van der Waals surface area contributed by atoms with E-state index >= 15 is 4.39 Å². The van der Waals surface area contributed by atoms with Gasteiger partial charge in [-0.05, 0) is 74.4 Å². The summed E-state index contributed by atoms with van der Waals surface area (Å²) < 4.78 is 43.0. The lowest BCUT2D eigenvalue weighted by atomic mass is 9.69. The second-order valence-corrected chi connectivity index (χ2v) is 13.3. The molecule has 1 spiro atoms. The maximum Gasteiger partial charge on any atom is 0.335 e. The highest BCUT2D eigenvalue weighted by Gasteiger charge is 2.47. The number of halogens is 2. The van der Waals surface area contributed by atoms with Gasteiger partial charge in [-0.1, -0.05) is 18.2 Å². The molecule has 7 rings (SSSR count). The van der Waals surface area contributed by atoms with E-state index in [-0.39, 0.29) is 34.6 Å². The van der Waals surface area contributed by atoms with Gasteiger partial charge in [0.25, 0.3) is 5.88 Å². The Bertz CT molecular complexity index is 1970. The number of carboxylic acid groups (broad SMARTS) is 1. The van der Waals surface area contributed by atoms with E-state index in [0.717, 1.165) is 72.1 Å². The zero-order chi connectivity index (χ0) is 32.9. The number of aromatic carboxylic acids is 1. The summed E-state index contributed by atoms with van der Waals surface area (Å²) in [5.74, 6) is -1.43. The van der Waals surface area contributed by atoms with Gasteiger partial charge in [0.05, 0.1) is 29.8 Å². The fourth-order valence-electron chi connectivity index (χ4n) is 6.96. The third-order valence-corrected chi connectivity index (χ3v) is 9.93. The van der Waals surface area contributed by atoms with Crippen molar-refractivity contribution in [1.82, 2.24) is 14.5 Å². The molecule has 2 aromatic carbocycles. The average Bonchev–Trinajstić information content (AvgIpc) is 3.71. The summed E-state index contributed by atoms with van der Waals surface area (Å²) in [7, 11) is 1.56. The van der Waals surface area contributed by atoms with E-state index in [9.17, 15) is 19.6 Å². The molecule has 1 saturated carbocycles. The maximum absolute atomic E-state index is 15.0. The minimum atomic E-state index is -0.996. The summed E-state index contributed by atoms with van der Waals surface area (Å²) in [5.41, 5.74) is 4.12. The van der Waals surface area contributed by atoms with Crippen LogP contribution in [0.2, 0.25) is 0 Å². The van der Waals surface area contributed by atoms with Gasteiger partial charge in [0.15, 0.2) is 11.6 Å². The maximum atomic E-state index is 15.0. The Morgan fingerprint density at radius 3 is 2.57 bits per heavy atom.